The summed E-state index contributed by atoms with van der Waals surface area (Å²) in [6.07, 6.45) is 4.03. The number of rotatable bonds is 1. The van der Waals surface area contributed by atoms with Gasteiger partial charge in [-0.05, 0) is 25.7 Å². The van der Waals surface area contributed by atoms with Crippen LogP contribution in [0.15, 0.2) is 11.8 Å². The molecule has 4 heteroatoms. The highest BCUT2D eigenvalue weighted by atomic mass is 16.2. The van der Waals surface area contributed by atoms with Crippen LogP contribution in [0.3, 0.4) is 0 Å². The van der Waals surface area contributed by atoms with Crippen LogP contribution in [0.5, 0.6) is 0 Å². The van der Waals surface area contributed by atoms with Crippen LogP contribution < -0.4 is 10.6 Å². The number of allylic oxidation sites excluding steroid dienone is 1. The molecule has 15 heavy (non-hydrogen) atoms. The summed E-state index contributed by atoms with van der Waals surface area (Å²) in [6.45, 7) is 6.34. The number of piperidine rings is 1. The van der Waals surface area contributed by atoms with Crippen molar-refractivity contribution in [3.05, 3.63) is 11.8 Å². The van der Waals surface area contributed by atoms with Gasteiger partial charge in [-0.1, -0.05) is 6.92 Å². The predicted octanol–water partition coefficient (Wildman–Crippen LogP) is 0.625. The smallest absolute Gasteiger partial charge is 0.248 e. The predicted molar refractivity (Wildman–Crippen MR) is 58.8 cm³/mol. The highest BCUT2D eigenvalue weighted by Gasteiger charge is 2.26. The lowest BCUT2D eigenvalue weighted by Crippen LogP contribution is -2.59. The molecule has 0 saturated carbocycles. The Balaban J connectivity index is 1.94. The van der Waals surface area contributed by atoms with Gasteiger partial charge in [0.15, 0.2) is 6.29 Å². The molecule has 2 heterocycles. The fourth-order valence-electron chi connectivity index (χ4n) is 2.14. The third-order valence-corrected chi connectivity index (χ3v) is 3.17. The normalized spacial score (nSPS) is 29.3. The first-order valence-corrected chi connectivity index (χ1v) is 5.64. The Morgan fingerprint density at radius 1 is 1.33 bits per heavy atom. The van der Waals surface area contributed by atoms with Gasteiger partial charge >= 0.3 is 0 Å². The third kappa shape index (κ3) is 2.50. The van der Waals surface area contributed by atoms with E-state index < -0.39 is 0 Å². The number of carbonyl (C=O) groups excluding carboxylic acids is 1. The van der Waals surface area contributed by atoms with Crippen LogP contribution in [-0.4, -0.2) is 30.2 Å². The van der Waals surface area contributed by atoms with Crippen molar-refractivity contribution in [1.29, 1.82) is 0 Å². The molecule has 1 amide bonds. The van der Waals surface area contributed by atoms with Crippen LogP contribution in [0.25, 0.3) is 0 Å². The molecule has 0 aromatic heterocycles. The summed E-state index contributed by atoms with van der Waals surface area (Å²) in [6, 6.07) is 0. The molecule has 0 aromatic rings. The first-order chi connectivity index (χ1) is 7.15. The number of hydrogen-bond donors (Lipinski definition) is 2. The zero-order valence-electron chi connectivity index (χ0n) is 9.42. The molecule has 2 aliphatic rings. The zero-order valence-corrected chi connectivity index (χ0v) is 9.42. The van der Waals surface area contributed by atoms with E-state index in [0.717, 1.165) is 24.7 Å². The molecule has 0 aliphatic carbocycles. The number of amides is 1. The van der Waals surface area contributed by atoms with Crippen molar-refractivity contribution in [3.8, 4) is 0 Å². The highest BCUT2D eigenvalue weighted by molar-refractivity contribution is 5.89. The van der Waals surface area contributed by atoms with E-state index in [1.165, 1.54) is 12.8 Å². The van der Waals surface area contributed by atoms with Crippen molar-refractivity contribution in [2.45, 2.75) is 33.0 Å². The largest absolute Gasteiger partial charge is 0.356 e. The number of nitrogens with one attached hydrogen (secondary N) is 2. The lowest BCUT2D eigenvalue weighted by Gasteiger charge is -2.38. The second kappa shape index (κ2) is 4.23. The van der Waals surface area contributed by atoms with Crippen molar-refractivity contribution >= 4 is 5.91 Å². The number of likely N-dealkylation sites (tertiary alicyclic amines) is 1. The monoisotopic (exact) mass is 209 g/mol. The standard InChI is InChI=1S/C11H19N3O/c1-8-3-5-14(6-4-8)11-12-9(2)7-10(15)13-11/h7-8,11-12H,3-6H2,1-2H3,(H,13,15). The molecule has 0 aromatic carbocycles. The fraction of sp³-hybridized carbons (Fsp3) is 0.727. The molecule has 0 spiro atoms. The van der Waals surface area contributed by atoms with E-state index >= 15 is 0 Å². The quantitative estimate of drug-likeness (QED) is 0.665. The molecule has 1 unspecified atom stereocenters. The molecule has 1 fully saturated rings. The molecular weight excluding hydrogens is 190 g/mol. The summed E-state index contributed by atoms with van der Waals surface area (Å²) < 4.78 is 0. The van der Waals surface area contributed by atoms with Crippen LogP contribution in [0.4, 0.5) is 0 Å². The Kier molecular flexibility index (Phi) is 2.95. The average Bonchev–Trinajstić information content (AvgIpc) is 2.17. The summed E-state index contributed by atoms with van der Waals surface area (Å²) in [5, 5.41) is 6.22. The van der Waals surface area contributed by atoms with Gasteiger partial charge in [-0.15, -0.1) is 0 Å². The van der Waals surface area contributed by atoms with Crippen LogP contribution >= 0.6 is 0 Å². The SMILES string of the molecule is CC1=CC(=O)NC(N2CCC(C)CC2)N1. The van der Waals surface area contributed by atoms with Crippen LogP contribution in [0.2, 0.25) is 0 Å². The van der Waals surface area contributed by atoms with Gasteiger partial charge in [-0.3, -0.25) is 9.69 Å². The minimum atomic E-state index is -0.00463. The number of hydrogen-bond acceptors (Lipinski definition) is 3. The minimum absolute atomic E-state index is 0.00463. The average molecular weight is 209 g/mol. The van der Waals surface area contributed by atoms with E-state index in [0.29, 0.717) is 0 Å². The maximum atomic E-state index is 11.3. The van der Waals surface area contributed by atoms with Gasteiger partial charge in [0.25, 0.3) is 0 Å². The van der Waals surface area contributed by atoms with E-state index in [2.05, 4.69) is 22.5 Å². The second-order valence-electron chi connectivity index (χ2n) is 4.60. The molecule has 2 aliphatic heterocycles. The summed E-state index contributed by atoms with van der Waals surface area (Å²) >= 11 is 0. The molecule has 0 radical (unpaired) electrons. The molecule has 4 nitrogen and oxygen atoms in total. The molecule has 84 valence electrons. The van der Waals surface area contributed by atoms with Crippen molar-refractivity contribution in [3.63, 3.8) is 0 Å². The van der Waals surface area contributed by atoms with Crippen molar-refractivity contribution in [2.24, 2.45) is 5.92 Å². The van der Waals surface area contributed by atoms with Gasteiger partial charge in [0.05, 0.1) is 0 Å². The maximum absolute atomic E-state index is 11.3. The molecule has 2 rings (SSSR count). The van der Waals surface area contributed by atoms with Gasteiger partial charge in [-0.2, -0.15) is 0 Å². The van der Waals surface area contributed by atoms with Crippen molar-refractivity contribution in [1.82, 2.24) is 15.5 Å². The summed E-state index contributed by atoms with van der Waals surface area (Å²) in [7, 11) is 0. The number of carbonyl (C=O) groups is 1. The van der Waals surface area contributed by atoms with Gasteiger partial charge < -0.3 is 10.6 Å². The van der Waals surface area contributed by atoms with Crippen LogP contribution in [-0.2, 0) is 4.79 Å². The molecular formula is C11H19N3O. The molecule has 1 saturated heterocycles. The Labute approximate surface area is 90.7 Å². The van der Waals surface area contributed by atoms with Crippen molar-refractivity contribution < 1.29 is 4.79 Å². The molecule has 1 atom stereocenters. The molecule has 2 N–H and O–H groups in total. The van der Waals surface area contributed by atoms with Crippen LogP contribution in [0.1, 0.15) is 26.7 Å². The molecule has 0 bridgehead atoms. The first kappa shape index (κ1) is 10.5. The van der Waals surface area contributed by atoms with Crippen LogP contribution in [0, 0.1) is 5.92 Å². The lowest BCUT2D eigenvalue weighted by atomic mass is 9.99. The minimum Gasteiger partial charge on any atom is -0.356 e. The van der Waals surface area contributed by atoms with E-state index in [4.69, 9.17) is 0 Å². The van der Waals surface area contributed by atoms with Gasteiger partial charge in [0.1, 0.15) is 0 Å². The van der Waals surface area contributed by atoms with Gasteiger partial charge in [-0.25, -0.2) is 0 Å². The topological polar surface area (TPSA) is 44.4 Å². The Morgan fingerprint density at radius 2 is 2.00 bits per heavy atom. The Morgan fingerprint density at radius 3 is 2.60 bits per heavy atom. The van der Waals surface area contributed by atoms with E-state index in [-0.39, 0.29) is 12.2 Å². The first-order valence-electron chi connectivity index (χ1n) is 5.64. The zero-order chi connectivity index (χ0) is 10.8. The number of nitrogens with zero attached hydrogens (tertiary/aromatic N) is 1. The second-order valence-corrected chi connectivity index (χ2v) is 4.60. The maximum Gasteiger partial charge on any atom is 0.248 e. The van der Waals surface area contributed by atoms with Gasteiger partial charge in [0.2, 0.25) is 5.91 Å². The summed E-state index contributed by atoms with van der Waals surface area (Å²) in [5.74, 6) is 0.826. The Hall–Kier alpha value is -1.03. The third-order valence-electron chi connectivity index (χ3n) is 3.17. The lowest BCUT2D eigenvalue weighted by molar-refractivity contribution is -0.119. The summed E-state index contributed by atoms with van der Waals surface area (Å²) in [4.78, 5) is 13.6. The Bertz CT molecular complexity index is 280. The van der Waals surface area contributed by atoms with Crippen molar-refractivity contribution in [2.75, 3.05) is 13.1 Å². The summed E-state index contributed by atoms with van der Waals surface area (Å²) in [5.41, 5.74) is 0.947. The van der Waals surface area contributed by atoms with E-state index in [1.807, 2.05) is 6.92 Å². The van der Waals surface area contributed by atoms with Gasteiger partial charge in [0, 0.05) is 24.9 Å². The fourth-order valence-corrected chi connectivity index (χ4v) is 2.14. The van der Waals surface area contributed by atoms with E-state index in [1.54, 1.807) is 6.08 Å². The highest BCUT2D eigenvalue weighted by Crippen LogP contribution is 2.17. The van der Waals surface area contributed by atoms with E-state index in [9.17, 15) is 4.79 Å².